The molecule has 2 aromatic rings. The first-order chi connectivity index (χ1) is 8.29. The maximum absolute atomic E-state index is 6.04. The molecule has 1 aromatic carbocycles. The fourth-order valence-electron chi connectivity index (χ4n) is 1.48. The molecule has 4 heteroatoms. The van der Waals surface area contributed by atoms with Crippen molar-refractivity contribution in [3.63, 3.8) is 0 Å². The van der Waals surface area contributed by atoms with Crippen LogP contribution in [-0.2, 0) is 6.54 Å². The Kier molecular flexibility index (Phi) is 4.29. The van der Waals surface area contributed by atoms with Crippen molar-refractivity contribution in [3.8, 4) is 0 Å². The quantitative estimate of drug-likeness (QED) is 0.843. The van der Waals surface area contributed by atoms with E-state index in [1.54, 1.807) is 24.2 Å². The van der Waals surface area contributed by atoms with E-state index in [1.165, 1.54) is 4.90 Å². The zero-order valence-electron chi connectivity index (χ0n) is 9.48. The van der Waals surface area contributed by atoms with E-state index >= 15 is 0 Å². The van der Waals surface area contributed by atoms with Crippen LogP contribution >= 0.6 is 23.4 Å². The topological polar surface area (TPSA) is 24.9 Å². The van der Waals surface area contributed by atoms with Gasteiger partial charge in [-0.3, -0.25) is 4.98 Å². The molecule has 0 aliphatic heterocycles. The number of benzene rings is 1. The summed E-state index contributed by atoms with van der Waals surface area (Å²) in [4.78, 5) is 5.21. The second kappa shape index (κ2) is 5.94. The Hall–Kier alpha value is -1.19. The van der Waals surface area contributed by atoms with Gasteiger partial charge in [0.05, 0.1) is 5.02 Å². The minimum absolute atomic E-state index is 0.695. The summed E-state index contributed by atoms with van der Waals surface area (Å²) in [5, 5.41) is 4.05. The Morgan fingerprint density at radius 2 is 2.24 bits per heavy atom. The van der Waals surface area contributed by atoms with Crippen molar-refractivity contribution < 1.29 is 0 Å². The highest BCUT2D eigenvalue weighted by molar-refractivity contribution is 7.98. The smallest absolute Gasteiger partial charge is 0.0639 e. The van der Waals surface area contributed by atoms with Crippen LogP contribution in [-0.4, -0.2) is 11.2 Å². The van der Waals surface area contributed by atoms with Crippen LogP contribution in [0.3, 0.4) is 0 Å². The van der Waals surface area contributed by atoms with Crippen molar-refractivity contribution >= 4 is 29.1 Å². The lowest BCUT2D eigenvalue weighted by Crippen LogP contribution is -2.00. The zero-order chi connectivity index (χ0) is 12.1. The second-order valence-electron chi connectivity index (χ2n) is 3.55. The molecule has 1 aromatic heterocycles. The molecule has 0 saturated heterocycles. The fourth-order valence-corrected chi connectivity index (χ4v) is 2.12. The maximum atomic E-state index is 6.04. The van der Waals surface area contributed by atoms with Gasteiger partial charge < -0.3 is 5.32 Å². The SMILES string of the molecule is CSc1cccc(NCc2ccncc2Cl)c1. The van der Waals surface area contributed by atoms with Crippen molar-refractivity contribution in [2.45, 2.75) is 11.4 Å². The summed E-state index contributed by atoms with van der Waals surface area (Å²) < 4.78 is 0. The number of aromatic nitrogens is 1. The lowest BCUT2D eigenvalue weighted by atomic mass is 10.2. The Morgan fingerprint density at radius 1 is 1.35 bits per heavy atom. The molecular weight excluding hydrogens is 252 g/mol. The minimum atomic E-state index is 0.695. The van der Waals surface area contributed by atoms with E-state index in [0.717, 1.165) is 11.3 Å². The zero-order valence-corrected chi connectivity index (χ0v) is 11.1. The van der Waals surface area contributed by atoms with Crippen LogP contribution in [0.2, 0.25) is 5.02 Å². The van der Waals surface area contributed by atoms with Crippen molar-refractivity contribution in [2.24, 2.45) is 0 Å². The van der Waals surface area contributed by atoms with Crippen molar-refractivity contribution in [1.29, 1.82) is 0 Å². The summed E-state index contributed by atoms with van der Waals surface area (Å²) in [6.45, 7) is 0.708. The van der Waals surface area contributed by atoms with Crippen LogP contribution in [0.4, 0.5) is 5.69 Å². The average molecular weight is 265 g/mol. The van der Waals surface area contributed by atoms with Crippen LogP contribution in [0.1, 0.15) is 5.56 Å². The van der Waals surface area contributed by atoms with E-state index in [2.05, 4.69) is 34.8 Å². The highest BCUT2D eigenvalue weighted by Crippen LogP contribution is 2.20. The third-order valence-electron chi connectivity index (χ3n) is 2.41. The molecule has 88 valence electrons. The first-order valence-electron chi connectivity index (χ1n) is 5.26. The third-order valence-corrected chi connectivity index (χ3v) is 3.47. The highest BCUT2D eigenvalue weighted by atomic mass is 35.5. The van der Waals surface area contributed by atoms with Gasteiger partial charge in [-0.15, -0.1) is 11.8 Å². The van der Waals surface area contributed by atoms with Gasteiger partial charge in [0.2, 0.25) is 0 Å². The van der Waals surface area contributed by atoms with E-state index < -0.39 is 0 Å². The van der Waals surface area contributed by atoms with Crippen molar-refractivity contribution in [3.05, 3.63) is 53.3 Å². The molecule has 0 saturated carbocycles. The molecule has 0 aliphatic rings. The van der Waals surface area contributed by atoms with Crippen molar-refractivity contribution in [1.82, 2.24) is 4.98 Å². The lowest BCUT2D eigenvalue weighted by molar-refractivity contribution is 1.12. The standard InChI is InChI=1S/C13H13ClN2S/c1-17-12-4-2-3-11(7-12)16-8-10-5-6-15-9-13(10)14/h2-7,9,16H,8H2,1H3. The molecule has 0 bridgehead atoms. The third kappa shape index (κ3) is 3.38. The number of anilines is 1. The molecule has 0 fully saturated rings. The van der Waals surface area contributed by atoms with Gasteiger partial charge in [-0.25, -0.2) is 0 Å². The first kappa shape index (κ1) is 12.3. The molecular formula is C13H13ClN2S. The number of hydrogen-bond acceptors (Lipinski definition) is 3. The number of thioether (sulfide) groups is 1. The van der Waals surface area contributed by atoms with Crippen LogP contribution in [0.5, 0.6) is 0 Å². The van der Waals surface area contributed by atoms with Gasteiger partial charge >= 0.3 is 0 Å². The van der Waals surface area contributed by atoms with Gasteiger partial charge in [0.15, 0.2) is 0 Å². The molecule has 1 N–H and O–H groups in total. The normalized spacial score (nSPS) is 10.2. The van der Waals surface area contributed by atoms with E-state index in [9.17, 15) is 0 Å². The summed E-state index contributed by atoms with van der Waals surface area (Å²) in [7, 11) is 0. The molecule has 1 heterocycles. The molecule has 0 radical (unpaired) electrons. The molecule has 2 nitrogen and oxygen atoms in total. The molecule has 17 heavy (non-hydrogen) atoms. The van der Waals surface area contributed by atoms with Crippen LogP contribution in [0, 0.1) is 0 Å². The van der Waals surface area contributed by atoms with Gasteiger partial charge in [0.1, 0.15) is 0 Å². The Balaban J connectivity index is 2.05. The molecule has 0 spiro atoms. The molecule has 0 aliphatic carbocycles. The number of rotatable bonds is 4. The number of halogens is 1. The fraction of sp³-hybridized carbons (Fsp3) is 0.154. The van der Waals surface area contributed by atoms with Gasteiger partial charge in [-0.05, 0) is 36.1 Å². The van der Waals surface area contributed by atoms with Gasteiger partial charge in [0.25, 0.3) is 0 Å². The summed E-state index contributed by atoms with van der Waals surface area (Å²) >= 11 is 7.77. The Labute approximate surface area is 110 Å². The Bertz CT molecular complexity index is 502. The highest BCUT2D eigenvalue weighted by Gasteiger charge is 1.99. The first-order valence-corrected chi connectivity index (χ1v) is 6.86. The number of pyridine rings is 1. The summed E-state index contributed by atoms with van der Waals surface area (Å²) in [5.41, 5.74) is 2.15. The number of hydrogen-bond donors (Lipinski definition) is 1. The molecule has 0 unspecified atom stereocenters. The second-order valence-corrected chi connectivity index (χ2v) is 4.84. The summed E-state index contributed by atoms with van der Waals surface area (Å²) in [6.07, 6.45) is 5.48. The predicted octanol–water partition coefficient (Wildman–Crippen LogP) is 4.07. The predicted molar refractivity (Wildman–Crippen MR) is 74.8 cm³/mol. The monoisotopic (exact) mass is 264 g/mol. The van der Waals surface area contributed by atoms with E-state index in [-0.39, 0.29) is 0 Å². The number of nitrogens with one attached hydrogen (secondary N) is 1. The molecule has 0 atom stereocenters. The molecule has 0 amide bonds. The average Bonchev–Trinajstić information content (AvgIpc) is 2.38. The Morgan fingerprint density at radius 3 is 3.00 bits per heavy atom. The van der Waals surface area contributed by atoms with E-state index in [4.69, 9.17) is 11.6 Å². The largest absolute Gasteiger partial charge is 0.381 e. The van der Waals surface area contributed by atoms with Crippen molar-refractivity contribution in [2.75, 3.05) is 11.6 Å². The minimum Gasteiger partial charge on any atom is -0.381 e. The van der Waals surface area contributed by atoms with E-state index in [0.29, 0.717) is 11.6 Å². The van der Waals surface area contributed by atoms with Crippen LogP contribution in [0.15, 0.2) is 47.6 Å². The lowest BCUT2D eigenvalue weighted by Gasteiger charge is -2.08. The summed E-state index contributed by atoms with van der Waals surface area (Å²) in [5.74, 6) is 0. The van der Waals surface area contributed by atoms with Gasteiger partial charge in [-0.2, -0.15) is 0 Å². The molecule has 2 rings (SSSR count). The number of nitrogens with zero attached hydrogens (tertiary/aromatic N) is 1. The maximum Gasteiger partial charge on any atom is 0.0639 e. The van der Waals surface area contributed by atoms with Gasteiger partial charge in [0, 0.05) is 29.5 Å². The van der Waals surface area contributed by atoms with E-state index in [1.807, 2.05) is 12.1 Å². The van der Waals surface area contributed by atoms with Crippen LogP contribution in [0.25, 0.3) is 0 Å². The summed E-state index contributed by atoms with van der Waals surface area (Å²) in [6, 6.07) is 10.2. The van der Waals surface area contributed by atoms with Crippen LogP contribution < -0.4 is 5.32 Å². The van der Waals surface area contributed by atoms with Gasteiger partial charge in [-0.1, -0.05) is 17.7 Å².